The predicted molar refractivity (Wildman–Crippen MR) is 118 cm³/mol. The lowest BCUT2D eigenvalue weighted by Gasteiger charge is -2.35. The fourth-order valence-electron chi connectivity index (χ4n) is 4.04. The maximum Gasteiger partial charge on any atom is 0.0806 e. The quantitative estimate of drug-likeness (QED) is 0.206. The Morgan fingerprint density at radius 3 is 1.11 bits per heavy atom. The number of unbranched alkanes of at least 4 members (excludes halogenated alkanes) is 14. The van der Waals surface area contributed by atoms with Crippen molar-refractivity contribution in [1.29, 1.82) is 0 Å². The summed E-state index contributed by atoms with van der Waals surface area (Å²) in [4.78, 5) is 0. The minimum atomic E-state index is 0. The van der Waals surface area contributed by atoms with Crippen molar-refractivity contribution in [3.63, 3.8) is 0 Å². The van der Waals surface area contributed by atoms with E-state index in [0.717, 1.165) is 13.0 Å². The van der Waals surface area contributed by atoms with Crippen LogP contribution in [0.5, 0.6) is 0 Å². The monoisotopic (exact) mass is 449 g/mol. The molecule has 0 radical (unpaired) electrons. The van der Waals surface area contributed by atoms with E-state index in [0.29, 0.717) is 6.61 Å². The maximum atomic E-state index is 9.24. The normalized spacial score (nSPS) is 11.6. The number of aliphatic hydroxyl groups excluding tert-OH is 1. The van der Waals surface area contributed by atoms with Gasteiger partial charge in [-0.25, -0.2) is 0 Å². The van der Waals surface area contributed by atoms with Crippen molar-refractivity contribution in [3.8, 4) is 0 Å². The summed E-state index contributed by atoms with van der Waals surface area (Å²) in [5, 5.41) is 9.24. The molecule has 166 valence electrons. The van der Waals surface area contributed by atoms with Crippen molar-refractivity contribution in [1.82, 2.24) is 0 Å². The molecule has 0 aliphatic heterocycles. The summed E-state index contributed by atoms with van der Waals surface area (Å²) in [5.41, 5.74) is 0. The van der Waals surface area contributed by atoms with Crippen LogP contribution in [-0.2, 0) is 0 Å². The van der Waals surface area contributed by atoms with Crippen LogP contribution in [0.3, 0.4) is 0 Å². The van der Waals surface area contributed by atoms with Crippen LogP contribution in [0.15, 0.2) is 0 Å². The van der Waals surface area contributed by atoms with Gasteiger partial charge in [0.15, 0.2) is 0 Å². The Morgan fingerprint density at radius 2 is 0.778 bits per heavy atom. The molecular formula is C24H52BrNO. The van der Waals surface area contributed by atoms with Crippen molar-refractivity contribution >= 4 is 0 Å². The van der Waals surface area contributed by atoms with Gasteiger partial charge in [-0.15, -0.1) is 0 Å². The number of rotatable bonds is 21. The Kier molecular flexibility index (Phi) is 24.9. The van der Waals surface area contributed by atoms with Gasteiger partial charge in [0, 0.05) is 13.0 Å². The topological polar surface area (TPSA) is 20.2 Å². The van der Waals surface area contributed by atoms with Gasteiger partial charge in [-0.05, 0) is 25.7 Å². The van der Waals surface area contributed by atoms with Crippen molar-refractivity contribution in [2.45, 2.75) is 123 Å². The highest BCUT2D eigenvalue weighted by Crippen LogP contribution is 2.15. The van der Waals surface area contributed by atoms with Crippen molar-refractivity contribution in [2.24, 2.45) is 0 Å². The molecule has 0 atom stereocenters. The molecule has 0 aliphatic carbocycles. The van der Waals surface area contributed by atoms with Crippen LogP contribution in [0.1, 0.15) is 123 Å². The average Bonchev–Trinajstić information content (AvgIpc) is 2.64. The summed E-state index contributed by atoms with van der Waals surface area (Å²) < 4.78 is 1.19. The number of hydrogen-bond donors (Lipinski definition) is 1. The number of halogens is 1. The summed E-state index contributed by atoms with van der Waals surface area (Å²) in [6.45, 7) is 8.71. The molecule has 3 heteroatoms. The zero-order valence-electron chi connectivity index (χ0n) is 19.1. The highest BCUT2D eigenvalue weighted by atomic mass is 79.9. The van der Waals surface area contributed by atoms with Crippen LogP contribution in [-0.4, -0.2) is 42.9 Å². The fourth-order valence-corrected chi connectivity index (χ4v) is 4.04. The number of quaternary nitrogens is 1. The largest absolute Gasteiger partial charge is 1.00 e. The molecule has 0 bridgehead atoms. The Morgan fingerprint density at radius 1 is 0.481 bits per heavy atom. The molecule has 27 heavy (non-hydrogen) atoms. The third-order valence-corrected chi connectivity index (χ3v) is 5.96. The zero-order valence-corrected chi connectivity index (χ0v) is 20.7. The third-order valence-electron chi connectivity index (χ3n) is 5.96. The minimum absolute atomic E-state index is 0. The van der Waals surface area contributed by atoms with Crippen molar-refractivity contribution in [3.05, 3.63) is 0 Å². The van der Waals surface area contributed by atoms with Crippen LogP contribution in [0.4, 0.5) is 0 Å². The Balaban J connectivity index is 0. The lowest BCUT2D eigenvalue weighted by molar-refractivity contribution is -0.910. The summed E-state index contributed by atoms with van der Waals surface area (Å²) >= 11 is 0. The third kappa shape index (κ3) is 20.9. The first kappa shape index (κ1) is 29.6. The van der Waals surface area contributed by atoms with E-state index in [1.807, 2.05) is 0 Å². The second kappa shape index (κ2) is 22.7. The summed E-state index contributed by atoms with van der Waals surface area (Å²) in [6.07, 6.45) is 23.4. The molecule has 0 spiro atoms. The SMILES string of the molecule is CCCCCCCCCC[N+](C)(CCCO)CCCCCCCCCC.[Br-]. The van der Waals surface area contributed by atoms with Crippen LogP contribution in [0.2, 0.25) is 0 Å². The minimum Gasteiger partial charge on any atom is -1.00 e. The molecular weight excluding hydrogens is 398 g/mol. The summed E-state index contributed by atoms with van der Waals surface area (Å²) in [6, 6.07) is 0. The van der Waals surface area contributed by atoms with Gasteiger partial charge in [0.1, 0.15) is 0 Å². The lowest BCUT2D eigenvalue weighted by atomic mass is 10.1. The van der Waals surface area contributed by atoms with E-state index < -0.39 is 0 Å². The van der Waals surface area contributed by atoms with Gasteiger partial charge in [-0.3, -0.25) is 0 Å². The molecule has 0 aromatic rings. The highest BCUT2D eigenvalue weighted by molar-refractivity contribution is 4.50. The van der Waals surface area contributed by atoms with Crippen molar-refractivity contribution in [2.75, 3.05) is 33.3 Å². The maximum absolute atomic E-state index is 9.24. The van der Waals surface area contributed by atoms with Gasteiger partial charge in [-0.2, -0.15) is 0 Å². The molecule has 0 saturated carbocycles. The molecule has 0 unspecified atom stereocenters. The first-order valence-electron chi connectivity index (χ1n) is 12.1. The molecule has 2 nitrogen and oxygen atoms in total. The molecule has 0 aromatic heterocycles. The van der Waals surface area contributed by atoms with E-state index in [4.69, 9.17) is 0 Å². The van der Waals surface area contributed by atoms with E-state index in [2.05, 4.69) is 20.9 Å². The second-order valence-electron chi connectivity index (χ2n) is 8.82. The number of nitrogens with zero attached hydrogens (tertiary/aromatic N) is 1. The van der Waals surface area contributed by atoms with Crippen LogP contribution < -0.4 is 17.0 Å². The van der Waals surface area contributed by atoms with Crippen LogP contribution >= 0.6 is 0 Å². The van der Waals surface area contributed by atoms with E-state index in [-0.39, 0.29) is 17.0 Å². The highest BCUT2D eigenvalue weighted by Gasteiger charge is 2.19. The van der Waals surface area contributed by atoms with Crippen LogP contribution in [0.25, 0.3) is 0 Å². The Bertz CT molecular complexity index is 253. The molecule has 0 rings (SSSR count). The zero-order chi connectivity index (χ0) is 19.3. The standard InChI is InChI=1S/C24H52NO.BrH/c1-4-6-8-10-12-14-16-18-21-25(3,23-20-24-26)22-19-17-15-13-11-9-7-5-2;/h26H,4-24H2,1-3H3;1H/q+1;/p-1. The number of hydrogen-bond acceptors (Lipinski definition) is 1. The van der Waals surface area contributed by atoms with E-state index in [1.165, 1.54) is 120 Å². The molecule has 0 saturated heterocycles. The van der Waals surface area contributed by atoms with Gasteiger partial charge < -0.3 is 26.6 Å². The average molecular weight is 451 g/mol. The smallest absolute Gasteiger partial charge is 0.0806 e. The summed E-state index contributed by atoms with van der Waals surface area (Å²) in [5.74, 6) is 0. The van der Waals surface area contributed by atoms with E-state index in [1.54, 1.807) is 0 Å². The van der Waals surface area contributed by atoms with Gasteiger partial charge >= 0.3 is 0 Å². The van der Waals surface area contributed by atoms with Crippen molar-refractivity contribution < 1.29 is 26.6 Å². The van der Waals surface area contributed by atoms with E-state index >= 15 is 0 Å². The number of aliphatic hydroxyl groups is 1. The summed E-state index contributed by atoms with van der Waals surface area (Å²) in [7, 11) is 2.43. The van der Waals surface area contributed by atoms with Gasteiger partial charge in [0.05, 0.1) is 26.7 Å². The Hall–Kier alpha value is 0.400. The van der Waals surface area contributed by atoms with Gasteiger partial charge in [-0.1, -0.05) is 90.9 Å². The molecule has 0 fully saturated rings. The molecule has 0 aliphatic rings. The van der Waals surface area contributed by atoms with Gasteiger partial charge in [0.25, 0.3) is 0 Å². The van der Waals surface area contributed by atoms with Crippen LogP contribution in [0, 0.1) is 0 Å². The molecule has 0 amide bonds. The Labute approximate surface area is 182 Å². The molecule has 0 aromatic carbocycles. The molecule has 0 heterocycles. The fraction of sp³-hybridized carbons (Fsp3) is 1.00. The first-order valence-corrected chi connectivity index (χ1v) is 12.1. The van der Waals surface area contributed by atoms with E-state index in [9.17, 15) is 5.11 Å². The lowest BCUT2D eigenvalue weighted by Crippen LogP contribution is -3.00. The first-order chi connectivity index (χ1) is 12.7. The predicted octanol–water partition coefficient (Wildman–Crippen LogP) is 4.10. The van der Waals surface area contributed by atoms with Gasteiger partial charge in [0.2, 0.25) is 0 Å². The molecule has 1 N–H and O–H groups in total. The second-order valence-corrected chi connectivity index (χ2v) is 8.82.